The van der Waals surface area contributed by atoms with Crippen molar-refractivity contribution in [3.8, 4) is 0 Å². The predicted octanol–water partition coefficient (Wildman–Crippen LogP) is 4.01. The van der Waals surface area contributed by atoms with E-state index in [0.717, 1.165) is 20.9 Å². The molecule has 0 spiro atoms. The van der Waals surface area contributed by atoms with E-state index >= 15 is 0 Å². The smallest absolute Gasteiger partial charge is 0.339 e. The van der Waals surface area contributed by atoms with Gasteiger partial charge >= 0.3 is 5.97 Å². The molecule has 0 heterocycles. The third kappa shape index (κ3) is 4.10. The summed E-state index contributed by atoms with van der Waals surface area (Å²) >= 11 is 5.55. The van der Waals surface area contributed by atoms with Crippen molar-refractivity contribution < 1.29 is 9.53 Å². The maximum Gasteiger partial charge on any atom is 0.339 e. The molecule has 0 aliphatic heterocycles. The maximum atomic E-state index is 11.6. The van der Waals surface area contributed by atoms with E-state index < -0.39 is 0 Å². The number of unbranched alkanes of at least 4 members (excludes halogenated alkanes) is 1. The second-order valence-corrected chi connectivity index (χ2v) is 5.21. The van der Waals surface area contributed by atoms with Gasteiger partial charge in [-0.05, 0) is 63.1 Å². The van der Waals surface area contributed by atoms with Crippen LogP contribution in [0.1, 0.15) is 30.1 Å². The van der Waals surface area contributed by atoms with E-state index in [2.05, 4.69) is 45.4 Å². The van der Waals surface area contributed by atoms with Gasteiger partial charge in [0.2, 0.25) is 0 Å². The maximum absolute atomic E-state index is 11.6. The number of carbonyl (C=O) groups excluding carboxylic acids is 1. The highest BCUT2D eigenvalue weighted by Gasteiger charge is 2.10. The molecule has 0 amide bonds. The van der Waals surface area contributed by atoms with Gasteiger partial charge in [0.25, 0.3) is 0 Å². The Balaban J connectivity index is 2.65. The van der Waals surface area contributed by atoms with Crippen molar-refractivity contribution in [2.24, 2.45) is 0 Å². The van der Waals surface area contributed by atoms with Crippen molar-refractivity contribution in [1.29, 1.82) is 0 Å². The zero-order valence-corrected chi connectivity index (χ0v) is 12.2. The lowest BCUT2D eigenvalue weighted by atomic mass is 10.2. The van der Waals surface area contributed by atoms with E-state index in [1.165, 1.54) is 0 Å². The molecule has 0 aliphatic rings. The molecule has 0 aromatic heterocycles. The Morgan fingerprint density at radius 3 is 2.87 bits per heavy atom. The topological polar surface area (TPSA) is 26.3 Å². The molecular formula is C11H12BrIO2. The Morgan fingerprint density at radius 1 is 1.53 bits per heavy atom. The highest BCUT2D eigenvalue weighted by atomic mass is 127. The summed E-state index contributed by atoms with van der Waals surface area (Å²) in [6.07, 6.45) is 1.94. The molecule has 1 rings (SSSR count). The van der Waals surface area contributed by atoms with Gasteiger partial charge in [-0.1, -0.05) is 13.3 Å². The first-order valence-corrected chi connectivity index (χ1v) is 6.64. The Morgan fingerprint density at radius 2 is 2.27 bits per heavy atom. The van der Waals surface area contributed by atoms with Gasteiger partial charge in [-0.25, -0.2) is 4.79 Å². The van der Waals surface area contributed by atoms with E-state index in [9.17, 15) is 4.79 Å². The number of ether oxygens (including phenoxy) is 1. The molecule has 0 unspecified atom stereocenters. The molecule has 15 heavy (non-hydrogen) atoms. The van der Waals surface area contributed by atoms with Crippen LogP contribution in [0.25, 0.3) is 0 Å². The Bertz CT molecular complexity index is 352. The van der Waals surface area contributed by atoms with Crippen LogP contribution in [-0.4, -0.2) is 12.6 Å². The fourth-order valence-electron chi connectivity index (χ4n) is 1.04. The summed E-state index contributed by atoms with van der Waals surface area (Å²) in [7, 11) is 0. The monoisotopic (exact) mass is 382 g/mol. The van der Waals surface area contributed by atoms with E-state index in [1.807, 2.05) is 12.1 Å². The van der Waals surface area contributed by atoms with E-state index in [0.29, 0.717) is 12.2 Å². The van der Waals surface area contributed by atoms with Crippen LogP contribution in [0.2, 0.25) is 0 Å². The molecule has 0 saturated carbocycles. The first kappa shape index (κ1) is 13.0. The summed E-state index contributed by atoms with van der Waals surface area (Å²) in [5.74, 6) is -0.258. The summed E-state index contributed by atoms with van der Waals surface area (Å²) < 4.78 is 6.99. The summed E-state index contributed by atoms with van der Waals surface area (Å²) in [4.78, 5) is 11.6. The highest BCUT2D eigenvalue weighted by Crippen LogP contribution is 2.20. The Hall–Kier alpha value is -0.100. The van der Waals surface area contributed by atoms with Crippen LogP contribution < -0.4 is 0 Å². The van der Waals surface area contributed by atoms with Crippen molar-refractivity contribution in [1.82, 2.24) is 0 Å². The standard InChI is InChI=1S/C11H12BrIO2/c1-2-3-6-15-11(14)9-5-4-8(13)7-10(9)12/h4-5,7H,2-3,6H2,1H3. The lowest BCUT2D eigenvalue weighted by Crippen LogP contribution is -2.07. The van der Waals surface area contributed by atoms with E-state index in [1.54, 1.807) is 6.07 Å². The van der Waals surface area contributed by atoms with Crippen LogP contribution in [0.5, 0.6) is 0 Å². The molecule has 0 aliphatic carbocycles. The lowest BCUT2D eigenvalue weighted by molar-refractivity contribution is 0.0498. The van der Waals surface area contributed by atoms with Crippen LogP contribution in [0, 0.1) is 3.57 Å². The quantitative estimate of drug-likeness (QED) is 0.446. The second kappa shape index (κ2) is 6.48. The zero-order valence-electron chi connectivity index (χ0n) is 8.43. The summed E-state index contributed by atoms with van der Waals surface area (Å²) in [5.41, 5.74) is 0.589. The summed E-state index contributed by atoms with van der Waals surface area (Å²) in [6, 6.07) is 5.57. The number of rotatable bonds is 4. The van der Waals surface area contributed by atoms with E-state index in [-0.39, 0.29) is 5.97 Å². The SMILES string of the molecule is CCCCOC(=O)c1ccc(I)cc1Br. The number of hydrogen-bond donors (Lipinski definition) is 0. The minimum absolute atomic E-state index is 0.258. The zero-order chi connectivity index (χ0) is 11.3. The van der Waals surface area contributed by atoms with Crippen molar-refractivity contribution in [3.63, 3.8) is 0 Å². The molecule has 0 fully saturated rings. The third-order valence-electron chi connectivity index (χ3n) is 1.88. The van der Waals surface area contributed by atoms with Gasteiger partial charge in [-0.15, -0.1) is 0 Å². The average molecular weight is 383 g/mol. The molecule has 0 radical (unpaired) electrons. The summed E-state index contributed by atoms with van der Waals surface area (Å²) in [5, 5.41) is 0. The van der Waals surface area contributed by atoms with Crippen LogP contribution in [0.15, 0.2) is 22.7 Å². The number of benzene rings is 1. The molecule has 2 nitrogen and oxygen atoms in total. The van der Waals surface area contributed by atoms with Crippen LogP contribution in [0.4, 0.5) is 0 Å². The largest absolute Gasteiger partial charge is 0.462 e. The van der Waals surface area contributed by atoms with Gasteiger partial charge in [-0.2, -0.15) is 0 Å². The van der Waals surface area contributed by atoms with Gasteiger partial charge in [0.15, 0.2) is 0 Å². The van der Waals surface area contributed by atoms with E-state index in [4.69, 9.17) is 4.74 Å². The molecular weight excluding hydrogens is 371 g/mol. The van der Waals surface area contributed by atoms with Crippen molar-refractivity contribution >= 4 is 44.5 Å². The fraction of sp³-hybridized carbons (Fsp3) is 0.364. The van der Waals surface area contributed by atoms with Gasteiger partial charge < -0.3 is 4.74 Å². The Kier molecular flexibility index (Phi) is 5.60. The number of halogens is 2. The normalized spacial score (nSPS) is 10.1. The molecule has 0 bridgehead atoms. The van der Waals surface area contributed by atoms with Crippen molar-refractivity contribution in [2.45, 2.75) is 19.8 Å². The first-order chi connectivity index (χ1) is 7.15. The molecule has 4 heteroatoms. The van der Waals surface area contributed by atoms with Gasteiger partial charge in [0.05, 0.1) is 12.2 Å². The fourth-order valence-corrected chi connectivity index (χ4v) is 2.50. The van der Waals surface area contributed by atoms with Crippen LogP contribution in [0.3, 0.4) is 0 Å². The van der Waals surface area contributed by atoms with Crippen molar-refractivity contribution in [2.75, 3.05) is 6.61 Å². The minimum atomic E-state index is -0.258. The van der Waals surface area contributed by atoms with Gasteiger partial charge in [-0.3, -0.25) is 0 Å². The van der Waals surface area contributed by atoms with Crippen LogP contribution >= 0.6 is 38.5 Å². The predicted molar refractivity (Wildman–Crippen MR) is 72.0 cm³/mol. The molecule has 0 N–H and O–H groups in total. The second-order valence-electron chi connectivity index (χ2n) is 3.11. The van der Waals surface area contributed by atoms with Crippen molar-refractivity contribution in [3.05, 3.63) is 31.8 Å². The van der Waals surface area contributed by atoms with Gasteiger partial charge in [0.1, 0.15) is 0 Å². The third-order valence-corrected chi connectivity index (χ3v) is 3.21. The molecule has 0 saturated heterocycles. The van der Waals surface area contributed by atoms with Gasteiger partial charge in [0, 0.05) is 8.04 Å². The molecule has 1 aromatic rings. The molecule has 0 atom stereocenters. The average Bonchev–Trinajstić information content (AvgIpc) is 2.17. The molecule has 1 aromatic carbocycles. The lowest BCUT2D eigenvalue weighted by Gasteiger charge is -2.05. The highest BCUT2D eigenvalue weighted by molar-refractivity contribution is 14.1. The first-order valence-electron chi connectivity index (χ1n) is 4.77. The Labute approximate surface area is 112 Å². The molecule has 82 valence electrons. The minimum Gasteiger partial charge on any atom is -0.462 e. The number of carbonyl (C=O) groups is 1. The van der Waals surface area contributed by atoms with Crippen LogP contribution in [-0.2, 0) is 4.74 Å². The summed E-state index contributed by atoms with van der Waals surface area (Å²) in [6.45, 7) is 2.56. The number of esters is 1. The number of hydrogen-bond acceptors (Lipinski definition) is 2.